The van der Waals surface area contributed by atoms with E-state index < -0.39 is 27.1 Å². The van der Waals surface area contributed by atoms with Crippen LogP contribution in [0.15, 0.2) is 60.7 Å². The van der Waals surface area contributed by atoms with Crippen molar-refractivity contribution in [1.29, 1.82) is 0 Å². The van der Waals surface area contributed by atoms with Crippen molar-refractivity contribution >= 4 is 23.7 Å². The molecule has 59 heavy (non-hydrogen) atoms. The van der Waals surface area contributed by atoms with E-state index in [1.807, 2.05) is 81.4 Å². The third-order valence-electron chi connectivity index (χ3n) is 8.97. The highest BCUT2D eigenvalue weighted by Gasteiger charge is 2.48. The van der Waals surface area contributed by atoms with E-state index in [0.29, 0.717) is 6.42 Å². The lowest BCUT2D eigenvalue weighted by molar-refractivity contribution is -0.839. The number of carboxylic acids is 1. The molecule has 0 saturated carbocycles. The molecule has 1 aliphatic heterocycles. The van der Waals surface area contributed by atoms with Gasteiger partial charge in [0.1, 0.15) is 0 Å². The minimum atomic E-state index is -1.25. The molecule has 2 aromatic rings. The van der Waals surface area contributed by atoms with Crippen molar-refractivity contribution in [1.82, 2.24) is 10.2 Å². The summed E-state index contributed by atoms with van der Waals surface area (Å²) >= 11 is 0. The molecule has 3 rings (SSSR count). The molecule has 1 heterocycles. The second-order valence-electron chi connectivity index (χ2n) is 13.5. The van der Waals surface area contributed by atoms with Gasteiger partial charge in [0.15, 0.2) is 0 Å². The first kappa shape index (κ1) is 83.1. The number of aliphatic carboxylic acids is 1. The van der Waals surface area contributed by atoms with Crippen molar-refractivity contribution in [3.63, 3.8) is 0 Å². The Morgan fingerprint density at radius 3 is 1.44 bits per heavy atom. The van der Waals surface area contributed by atoms with Gasteiger partial charge in [-0.1, -0.05) is 177 Å². The average molecular weight is 846 g/mol. The molecular weight excluding hydrogens is 745 g/mol. The quantitative estimate of drug-likeness (QED) is 0.106. The van der Waals surface area contributed by atoms with Crippen LogP contribution in [0.2, 0.25) is 0 Å². The van der Waals surface area contributed by atoms with Gasteiger partial charge in [0.05, 0.1) is 66.2 Å². The molecule has 0 radical (unpaired) electrons. The molecule has 1 N–H and O–H groups in total. The third-order valence-corrected chi connectivity index (χ3v) is 8.97. The predicted molar refractivity (Wildman–Crippen MR) is 260 cm³/mol. The lowest BCUT2D eigenvalue weighted by Gasteiger charge is -2.35. The van der Waals surface area contributed by atoms with Gasteiger partial charge in [-0.3, -0.25) is 19.3 Å². The number of hydrogen-bond acceptors (Lipinski definition) is 7. The SMILES string of the molecule is C.C.C.C.C.C.C.C.C.C.C.C.CCC(c1ccccc1)C(C(=O)NCC[N+](C)(C)[O-])C(C)C(=O)[O-].CCC(c1ccccc1)C1C(=O)N(CC[N+](C)(C)[O-])C(=O)C1C. The third kappa shape index (κ3) is 24.9. The summed E-state index contributed by atoms with van der Waals surface area (Å²) in [6, 6.07) is 19.3. The number of hydroxylamine groups is 6. The molecule has 0 aromatic heterocycles. The number of benzene rings is 2. The first-order valence-electron chi connectivity index (χ1n) is 16.4. The average Bonchev–Trinajstić information content (AvgIpc) is 3.21. The lowest BCUT2D eigenvalue weighted by atomic mass is 9.76. The Balaban J connectivity index is -0.0000000721. The van der Waals surface area contributed by atoms with Crippen LogP contribution < -0.4 is 10.4 Å². The standard InChI is InChI=1S/C18H28N2O4.C18H26N2O3.12CH4/c1-5-15(14-9-7-6-8-10-14)16(13(2)18(22)23)17(21)19-11-12-20(3,4)24;1-5-15(14-9-7-6-8-10-14)16-13(2)17(21)19(18(16)22)11-12-20(3,4)23;;;;;;;;;;;;/h6-10,13,15-16H,5,11-12H2,1-4H3,(H,19,21)(H,22,23);6-10,13,15-16H,5,11-12H2,1-4H3;12*1H4/p-1. The Labute approximate surface area is 368 Å². The van der Waals surface area contributed by atoms with Crippen molar-refractivity contribution in [2.24, 2.45) is 23.7 Å². The minimum absolute atomic E-state index is 0. The van der Waals surface area contributed by atoms with E-state index in [4.69, 9.17) is 0 Å². The number of amides is 3. The largest absolute Gasteiger partial charge is 0.633 e. The van der Waals surface area contributed by atoms with E-state index in [9.17, 15) is 34.7 Å². The monoisotopic (exact) mass is 846 g/mol. The van der Waals surface area contributed by atoms with E-state index in [1.54, 1.807) is 0 Å². The fourth-order valence-electron chi connectivity index (χ4n) is 6.25. The number of likely N-dealkylation sites (N-methyl/N-ethyl adjacent to an activating group) is 2. The zero-order valence-electron chi connectivity index (χ0n) is 29.2. The smallest absolute Gasteiger partial charge is 0.233 e. The summed E-state index contributed by atoms with van der Waals surface area (Å²) in [5.74, 6) is -4.42. The van der Waals surface area contributed by atoms with Gasteiger partial charge >= 0.3 is 0 Å². The van der Waals surface area contributed by atoms with Crippen LogP contribution in [0, 0.1) is 34.1 Å². The summed E-state index contributed by atoms with van der Waals surface area (Å²) in [5.41, 5.74) is 2.02. The minimum Gasteiger partial charge on any atom is -0.633 e. The number of carbonyl (C=O) groups is 4. The highest BCUT2D eigenvalue weighted by molar-refractivity contribution is 6.05. The first-order valence-corrected chi connectivity index (χ1v) is 16.4. The number of nitrogens with zero attached hydrogens (tertiary/aromatic N) is 3. The van der Waals surface area contributed by atoms with Crippen molar-refractivity contribution in [2.75, 3.05) is 54.4 Å². The van der Waals surface area contributed by atoms with Crippen LogP contribution in [0.4, 0.5) is 0 Å². The zero-order chi connectivity index (χ0) is 35.5. The van der Waals surface area contributed by atoms with Gasteiger partial charge in [-0.15, -0.1) is 0 Å². The van der Waals surface area contributed by atoms with Crippen LogP contribution in [-0.4, -0.2) is 92.3 Å². The highest BCUT2D eigenvalue weighted by atomic mass is 16.5. The molecule has 2 aromatic carbocycles. The molecule has 11 nitrogen and oxygen atoms in total. The number of hydrogen-bond donors (Lipinski definition) is 1. The second kappa shape index (κ2) is 37.4. The van der Waals surface area contributed by atoms with Crippen molar-refractivity contribution in [3.05, 3.63) is 82.2 Å². The number of nitrogens with one attached hydrogen (secondary N) is 1. The highest BCUT2D eigenvalue weighted by Crippen LogP contribution is 2.39. The molecule has 11 heteroatoms. The topological polar surface area (TPSA) is 153 Å². The van der Waals surface area contributed by atoms with Crippen LogP contribution in [0.3, 0.4) is 0 Å². The normalized spacial score (nSPS) is 15.4. The van der Waals surface area contributed by atoms with E-state index in [1.165, 1.54) is 40.0 Å². The number of carbonyl (C=O) groups excluding carboxylic acids is 4. The van der Waals surface area contributed by atoms with Gasteiger partial charge in [-0.05, 0) is 35.8 Å². The molecular formula is C48H101N4O7-. The van der Waals surface area contributed by atoms with Crippen molar-refractivity contribution in [2.45, 2.75) is 141 Å². The maximum atomic E-state index is 12.8. The number of likely N-dealkylation sites (tertiary alicyclic amines) is 1. The molecule has 0 aliphatic carbocycles. The number of imide groups is 1. The molecule has 6 atom stereocenters. The van der Waals surface area contributed by atoms with E-state index in [0.717, 1.165) is 17.5 Å². The molecule has 0 spiro atoms. The Morgan fingerprint density at radius 2 is 1.08 bits per heavy atom. The van der Waals surface area contributed by atoms with Crippen LogP contribution in [0.1, 0.15) is 153 Å². The second-order valence-corrected chi connectivity index (χ2v) is 13.5. The molecule has 1 saturated heterocycles. The maximum Gasteiger partial charge on any atom is 0.233 e. The lowest BCUT2D eigenvalue weighted by Crippen LogP contribution is -2.47. The molecule has 356 valence electrons. The Hall–Kier alpha value is -3.64. The maximum absolute atomic E-state index is 12.8. The van der Waals surface area contributed by atoms with Gasteiger partial charge in [0.25, 0.3) is 0 Å². The number of quaternary nitrogens is 2. The van der Waals surface area contributed by atoms with Crippen molar-refractivity contribution < 1.29 is 33.6 Å². The van der Waals surface area contributed by atoms with Gasteiger partial charge in [0, 0.05) is 17.8 Å². The van der Waals surface area contributed by atoms with Crippen LogP contribution >= 0.6 is 0 Å². The summed E-state index contributed by atoms with van der Waals surface area (Å²) in [5, 5.41) is 37.4. The predicted octanol–water partition coefficient (Wildman–Crippen LogP) is 10.9. The summed E-state index contributed by atoms with van der Waals surface area (Å²) in [4.78, 5) is 50.6. The zero-order valence-corrected chi connectivity index (χ0v) is 29.2. The molecule has 1 aliphatic rings. The molecule has 0 bridgehead atoms. The number of carboxylic acid groups (broad SMARTS) is 1. The van der Waals surface area contributed by atoms with E-state index in [2.05, 4.69) is 5.32 Å². The Bertz CT molecular complexity index is 1310. The molecule has 1 fully saturated rings. The summed E-state index contributed by atoms with van der Waals surface area (Å²) in [6.07, 6.45) is 1.43. The summed E-state index contributed by atoms with van der Waals surface area (Å²) in [7, 11) is 6.02. The molecule has 6 unspecified atom stereocenters. The summed E-state index contributed by atoms with van der Waals surface area (Å²) in [6.45, 7) is 8.14. The van der Waals surface area contributed by atoms with Gasteiger partial charge in [-0.2, -0.15) is 0 Å². The van der Waals surface area contributed by atoms with E-state index >= 15 is 0 Å². The van der Waals surface area contributed by atoms with Crippen LogP contribution in [-0.2, 0) is 19.2 Å². The first-order chi connectivity index (χ1) is 21.9. The van der Waals surface area contributed by atoms with Gasteiger partial charge in [-0.25, -0.2) is 0 Å². The number of rotatable bonds is 15. The fourth-order valence-corrected chi connectivity index (χ4v) is 6.25. The van der Waals surface area contributed by atoms with E-state index in [-0.39, 0.29) is 157 Å². The Morgan fingerprint density at radius 1 is 0.678 bits per heavy atom. The Kier molecular flexibility index (Phi) is 52.7. The van der Waals surface area contributed by atoms with Gasteiger partial charge < -0.3 is 34.9 Å². The summed E-state index contributed by atoms with van der Waals surface area (Å²) < 4.78 is -1.02. The van der Waals surface area contributed by atoms with Crippen LogP contribution in [0.25, 0.3) is 0 Å². The van der Waals surface area contributed by atoms with Crippen molar-refractivity contribution in [3.8, 4) is 0 Å². The van der Waals surface area contributed by atoms with Gasteiger partial charge in [0.2, 0.25) is 17.7 Å². The molecule has 3 amide bonds. The fraction of sp³-hybridized carbons (Fsp3) is 0.667. The van der Waals surface area contributed by atoms with Crippen LogP contribution in [0.5, 0.6) is 0 Å².